The van der Waals surface area contributed by atoms with Gasteiger partial charge in [-0.25, -0.2) is 0 Å². The number of aromatic amines is 1. The van der Waals surface area contributed by atoms with Gasteiger partial charge in [0, 0.05) is 21.5 Å². The van der Waals surface area contributed by atoms with E-state index in [1.807, 2.05) is 36.4 Å². The number of aromatic nitrogens is 1. The summed E-state index contributed by atoms with van der Waals surface area (Å²) in [6.45, 7) is 4.25. The summed E-state index contributed by atoms with van der Waals surface area (Å²) >= 11 is 6.33. The van der Waals surface area contributed by atoms with Gasteiger partial charge in [-0.05, 0) is 23.1 Å². The molecule has 1 heterocycles. The van der Waals surface area contributed by atoms with Crippen molar-refractivity contribution in [3.63, 3.8) is 0 Å². The van der Waals surface area contributed by atoms with Gasteiger partial charge in [0.15, 0.2) is 0 Å². The summed E-state index contributed by atoms with van der Waals surface area (Å²) in [6, 6.07) is 13.5. The van der Waals surface area contributed by atoms with Crippen molar-refractivity contribution in [1.29, 1.82) is 0 Å². The number of H-pyrrole nitrogens is 1. The van der Waals surface area contributed by atoms with Crippen molar-refractivity contribution in [3.05, 3.63) is 58.6 Å². The number of carboxylic acid groups (broad SMARTS) is 1. The van der Waals surface area contributed by atoms with Gasteiger partial charge in [-0.15, -0.1) is 0 Å². The maximum Gasteiger partial charge on any atom is 0.307 e. The van der Waals surface area contributed by atoms with E-state index in [1.165, 1.54) is 5.56 Å². The Balaban J connectivity index is 2.34. The Labute approximate surface area is 139 Å². The molecule has 118 valence electrons. The van der Waals surface area contributed by atoms with Crippen molar-refractivity contribution < 1.29 is 9.90 Å². The van der Waals surface area contributed by atoms with E-state index in [9.17, 15) is 9.90 Å². The molecule has 0 aliphatic rings. The third-order valence-electron chi connectivity index (χ3n) is 4.07. The van der Waals surface area contributed by atoms with E-state index in [1.54, 1.807) is 0 Å². The maximum atomic E-state index is 11.4. The van der Waals surface area contributed by atoms with Crippen molar-refractivity contribution in [2.75, 3.05) is 0 Å². The Morgan fingerprint density at radius 3 is 2.57 bits per heavy atom. The topological polar surface area (TPSA) is 53.1 Å². The van der Waals surface area contributed by atoms with Crippen molar-refractivity contribution in [2.45, 2.75) is 26.2 Å². The standard InChI is InChI=1S/C19H18ClNO2/c1-11(2)12-7-5-8-13-15(10-17(22)23)19(21-18(12)13)14-6-3-4-9-16(14)20/h3-9,11,21H,10H2,1-2H3,(H,22,23). The minimum Gasteiger partial charge on any atom is -0.481 e. The summed E-state index contributed by atoms with van der Waals surface area (Å²) in [6.07, 6.45) is -0.0396. The lowest BCUT2D eigenvalue weighted by atomic mass is 9.98. The quantitative estimate of drug-likeness (QED) is 0.688. The zero-order valence-corrected chi connectivity index (χ0v) is 13.8. The van der Waals surface area contributed by atoms with Gasteiger partial charge in [-0.2, -0.15) is 0 Å². The van der Waals surface area contributed by atoms with Crippen LogP contribution in [0.2, 0.25) is 5.02 Å². The molecule has 3 rings (SSSR count). The van der Waals surface area contributed by atoms with E-state index in [0.717, 1.165) is 27.7 Å². The lowest BCUT2D eigenvalue weighted by Crippen LogP contribution is -2.01. The lowest BCUT2D eigenvalue weighted by molar-refractivity contribution is -0.136. The Morgan fingerprint density at radius 2 is 1.91 bits per heavy atom. The molecule has 23 heavy (non-hydrogen) atoms. The molecule has 0 unspecified atom stereocenters. The zero-order valence-electron chi connectivity index (χ0n) is 13.1. The summed E-state index contributed by atoms with van der Waals surface area (Å²) in [5.41, 5.74) is 4.57. The normalized spacial score (nSPS) is 11.3. The van der Waals surface area contributed by atoms with Gasteiger partial charge in [0.1, 0.15) is 0 Å². The molecule has 0 aliphatic carbocycles. The Bertz CT molecular complexity index is 880. The van der Waals surface area contributed by atoms with Gasteiger partial charge in [-0.3, -0.25) is 4.79 Å². The van der Waals surface area contributed by atoms with Gasteiger partial charge < -0.3 is 10.1 Å². The van der Waals surface area contributed by atoms with Gasteiger partial charge in [0.25, 0.3) is 0 Å². The lowest BCUT2D eigenvalue weighted by Gasteiger charge is -2.06. The fraction of sp³-hybridized carbons (Fsp3) is 0.211. The average Bonchev–Trinajstić information content (AvgIpc) is 2.85. The number of fused-ring (bicyclic) bond motifs is 1. The van der Waals surface area contributed by atoms with E-state index >= 15 is 0 Å². The molecule has 2 aromatic carbocycles. The van der Waals surface area contributed by atoms with Crippen LogP contribution in [0.1, 0.15) is 30.9 Å². The van der Waals surface area contributed by atoms with Crippen molar-refractivity contribution >= 4 is 28.5 Å². The molecule has 0 saturated carbocycles. The van der Waals surface area contributed by atoms with Crippen LogP contribution in [0.15, 0.2) is 42.5 Å². The van der Waals surface area contributed by atoms with Gasteiger partial charge in [-0.1, -0.05) is 61.8 Å². The predicted molar refractivity (Wildman–Crippen MR) is 94.2 cm³/mol. The van der Waals surface area contributed by atoms with E-state index in [-0.39, 0.29) is 6.42 Å². The van der Waals surface area contributed by atoms with E-state index in [0.29, 0.717) is 10.9 Å². The third-order valence-corrected chi connectivity index (χ3v) is 4.40. The average molecular weight is 328 g/mol. The molecule has 3 aromatic rings. The molecule has 0 atom stereocenters. The second-order valence-corrected chi connectivity index (χ2v) is 6.36. The predicted octanol–water partition coefficient (Wildman–Crippen LogP) is 5.24. The monoisotopic (exact) mass is 327 g/mol. The minimum absolute atomic E-state index is 0.0396. The van der Waals surface area contributed by atoms with Crippen LogP contribution in [0, 0.1) is 0 Å². The second kappa shape index (κ2) is 6.09. The molecule has 0 fully saturated rings. The molecule has 4 heteroatoms. The summed E-state index contributed by atoms with van der Waals surface area (Å²) in [7, 11) is 0. The molecule has 0 aliphatic heterocycles. The van der Waals surface area contributed by atoms with Crippen LogP contribution in [0.25, 0.3) is 22.2 Å². The molecule has 0 amide bonds. The highest BCUT2D eigenvalue weighted by Crippen LogP contribution is 2.37. The molecule has 3 nitrogen and oxygen atoms in total. The Hall–Kier alpha value is -2.26. The smallest absolute Gasteiger partial charge is 0.307 e. The first-order valence-electron chi connectivity index (χ1n) is 7.59. The highest BCUT2D eigenvalue weighted by Gasteiger charge is 2.19. The Kier molecular flexibility index (Phi) is 4.14. The zero-order chi connectivity index (χ0) is 16.6. The molecular formula is C19H18ClNO2. The van der Waals surface area contributed by atoms with Gasteiger partial charge in [0.05, 0.1) is 12.1 Å². The van der Waals surface area contributed by atoms with Crippen LogP contribution in [0.5, 0.6) is 0 Å². The number of rotatable bonds is 4. The number of nitrogens with one attached hydrogen (secondary N) is 1. The summed E-state index contributed by atoms with van der Waals surface area (Å²) in [4.78, 5) is 14.8. The SMILES string of the molecule is CC(C)c1cccc2c(CC(=O)O)c(-c3ccccc3Cl)[nH]c12. The van der Waals surface area contributed by atoms with Crippen LogP contribution in [0.3, 0.4) is 0 Å². The number of para-hydroxylation sites is 1. The van der Waals surface area contributed by atoms with E-state index < -0.39 is 5.97 Å². The first kappa shape index (κ1) is 15.6. The van der Waals surface area contributed by atoms with Gasteiger partial charge >= 0.3 is 5.97 Å². The molecule has 2 N–H and O–H groups in total. The van der Waals surface area contributed by atoms with Crippen LogP contribution < -0.4 is 0 Å². The van der Waals surface area contributed by atoms with Crippen LogP contribution in [-0.4, -0.2) is 16.1 Å². The third kappa shape index (κ3) is 2.84. The first-order valence-corrected chi connectivity index (χ1v) is 7.97. The molecule has 0 radical (unpaired) electrons. The van der Waals surface area contributed by atoms with Crippen LogP contribution in [0.4, 0.5) is 0 Å². The molecule has 1 aromatic heterocycles. The highest BCUT2D eigenvalue weighted by molar-refractivity contribution is 6.33. The Morgan fingerprint density at radius 1 is 1.17 bits per heavy atom. The maximum absolute atomic E-state index is 11.4. The van der Waals surface area contributed by atoms with Crippen LogP contribution >= 0.6 is 11.6 Å². The van der Waals surface area contributed by atoms with E-state index in [2.05, 4.69) is 24.9 Å². The summed E-state index contributed by atoms with van der Waals surface area (Å²) < 4.78 is 0. The van der Waals surface area contributed by atoms with Gasteiger partial charge in [0.2, 0.25) is 0 Å². The number of carboxylic acids is 1. The number of hydrogen-bond donors (Lipinski definition) is 2. The molecular weight excluding hydrogens is 310 g/mol. The van der Waals surface area contributed by atoms with Crippen molar-refractivity contribution in [3.8, 4) is 11.3 Å². The van der Waals surface area contributed by atoms with Crippen molar-refractivity contribution in [2.24, 2.45) is 0 Å². The molecule has 0 saturated heterocycles. The molecule has 0 spiro atoms. The van der Waals surface area contributed by atoms with Crippen molar-refractivity contribution in [1.82, 2.24) is 4.98 Å². The number of benzene rings is 2. The summed E-state index contributed by atoms with van der Waals surface area (Å²) in [5.74, 6) is -0.511. The number of hydrogen-bond acceptors (Lipinski definition) is 1. The minimum atomic E-state index is -0.853. The fourth-order valence-corrected chi connectivity index (χ4v) is 3.24. The first-order chi connectivity index (χ1) is 11.0. The molecule has 0 bridgehead atoms. The van der Waals surface area contributed by atoms with E-state index in [4.69, 9.17) is 11.6 Å². The largest absolute Gasteiger partial charge is 0.481 e. The highest BCUT2D eigenvalue weighted by atomic mass is 35.5. The number of halogens is 1. The number of aliphatic carboxylic acids is 1. The number of carbonyl (C=O) groups is 1. The second-order valence-electron chi connectivity index (χ2n) is 5.95. The summed E-state index contributed by atoms with van der Waals surface area (Å²) in [5, 5.41) is 10.9. The van der Waals surface area contributed by atoms with Crippen LogP contribution in [-0.2, 0) is 11.2 Å². The fourth-order valence-electron chi connectivity index (χ4n) is 3.01.